The van der Waals surface area contributed by atoms with Crippen LogP contribution in [0.25, 0.3) is 0 Å². The van der Waals surface area contributed by atoms with Crippen molar-refractivity contribution in [2.75, 3.05) is 19.8 Å². The number of nitrogens with zero attached hydrogens (tertiary/aromatic N) is 2. The molecule has 0 aromatic heterocycles. The third-order valence-corrected chi connectivity index (χ3v) is 2.06. The smallest absolute Gasteiger partial charge is 0.174 e. The Kier molecular flexibility index (Phi) is 2.96. The summed E-state index contributed by atoms with van der Waals surface area (Å²) in [7, 11) is 3.62. The number of benzene rings is 1. The van der Waals surface area contributed by atoms with Crippen molar-refractivity contribution in [2.45, 2.75) is 6.92 Å². The van der Waals surface area contributed by atoms with Gasteiger partial charge in [0, 0.05) is 25.3 Å². The molecule has 0 saturated heterocycles. The van der Waals surface area contributed by atoms with Gasteiger partial charge in [-0.1, -0.05) is 17.3 Å². The first-order chi connectivity index (χ1) is 6.56. The van der Waals surface area contributed by atoms with E-state index in [9.17, 15) is 0 Å². The van der Waals surface area contributed by atoms with Crippen molar-refractivity contribution in [2.24, 2.45) is 5.16 Å². The molecule has 0 heterocycles. The lowest BCUT2D eigenvalue weighted by atomic mass is 10.1. The van der Waals surface area contributed by atoms with Gasteiger partial charge in [-0.3, -0.25) is 0 Å². The second-order valence-electron chi connectivity index (χ2n) is 3.39. The minimum Gasteiger partial charge on any atom is -0.409 e. The van der Waals surface area contributed by atoms with Crippen LogP contribution >= 0.6 is 0 Å². The Labute approximate surface area is 83.6 Å². The first-order valence-electron chi connectivity index (χ1n) is 4.32. The molecule has 1 aromatic carbocycles. The summed E-state index contributed by atoms with van der Waals surface area (Å²) in [6.45, 7) is 1.94. The molecular formula is C10H15N3O. The summed E-state index contributed by atoms with van der Waals surface area (Å²) < 4.78 is 0. The number of anilines is 1. The lowest BCUT2D eigenvalue weighted by molar-refractivity contribution is 0.310. The first-order valence-corrected chi connectivity index (χ1v) is 4.32. The molecule has 4 heteroatoms. The maximum Gasteiger partial charge on any atom is 0.174 e. The van der Waals surface area contributed by atoms with E-state index in [0.29, 0.717) is 11.5 Å². The van der Waals surface area contributed by atoms with Crippen molar-refractivity contribution >= 4 is 11.5 Å². The van der Waals surface area contributed by atoms with E-state index in [1.165, 1.54) is 0 Å². The molecule has 76 valence electrons. The Balaban J connectivity index is 3.13. The van der Waals surface area contributed by atoms with Crippen LogP contribution < -0.4 is 5.73 Å². The zero-order valence-electron chi connectivity index (χ0n) is 8.65. The normalized spacial score (nSPS) is 11.5. The molecule has 1 aromatic rings. The van der Waals surface area contributed by atoms with Gasteiger partial charge in [0.1, 0.15) is 0 Å². The Morgan fingerprint density at radius 3 is 2.50 bits per heavy atom. The van der Waals surface area contributed by atoms with Crippen LogP contribution in [0.3, 0.4) is 0 Å². The van der Waals surface area contributed by atoms with Crippen molar-refractivity contribution in [1.29, 1.82) is 0 Å². The van der Waals surface area contributed by atoms with Gasteiger partial charge in [0.05, 0.1) is 0 Å². The van der Waals surface area contributed by atoms with E-state index in [1.807, 2.05) is 33.2 Å². The number of hydrogen-bond acceptors (Lipinski definition) is 3. The number of nitrogens with two attached hydrogens (primary N) is 1. The summed E-state index contributed by atoms with van der Waals surface area (Å²) in [4.78, 5) is 1.73. The van der Waals surface area contributed by atoms with Crippen LogP contribution in [0, 0.1) is 6.92 Å². The highest BCUT2D eigenvalue weighted by molar-refractivity contribution is 5.98. The van der Waals surface area contributed by atoms with Gasteiger partial charge >= 0.3 is 0 Å². The minimum absolute atomic E-state index is 0.497. The molecule has 0 aliphatic rings. The first kappa shape index (κ1) is 10.4. The van der Waals surface area contributed by atoms with Gasteiger partial charge in [0.15, 0.2) is 5.84 Å². The quantitative estimate of drug-likeness (QED) is 0.232. The van der Waals surface area contributed by atoms with Gasteiger partial charge in [0.25, 0.3) is 0 Å². The summed E-state index contributed by atoms with van der Waals surface area (Å²) >= 11 is 0. The summed E-state index contributed by atoms with van der Waals surface area (Å²) in [5.41, 5.74) is 8.28. The summed E-state index contributed by atoms with van der Waals surface area (Å²) in [5, 5.41) is 12.0. The Hall–Kier alpha value is -1.71. The second-order valence-corrected chi connectivity index (χ2v) is 3.39. The lowest BCUT2D eigenvalue weighted by Crippen LogP contribution is -2.23. The van der Waals surface area contributed by atoms with Gasteiger partial charge in [-0.15, -0.1) is 0 Å². The number of oxime groups is 1. The van der Waals surface area contributed by atoms with Crippen LogP contribution in [0.15, 0.2) is 23.4 Å². The van der Waals surface area contributed by atoms with Gasteiger partial charge in [-0.05, 0) is 18.6 Å². The molecule has 0 saturated carbocycles. The maximum absolute atomic E-state index is 8.82. The van der Waals surface area contributed by atoms with Crippen molar-refractivity contribution in [3.05, 3.63) is 29.3 Å². The highest BCUT2D eigenvalue weighted by Gasteiger charge is 2.07. The van der Waals surface area contributed by atoms with Crippen LogP contribution in [0.2, 0.25) is 0 Å². The van der Waals surface area contributed by atoms with Crippen LogP contribution in [0.1, 0.15) is 11.1 Å². The molecule has 1 rings (SSSR count). The zero-order valence-corrected chi connectivity index (χ0v) is 8.65. The number of aryl methyl sites for hydroxylation is 1. The third-order valence-electron chi connectivity index (χ3n) is 2.06. The average molecular weight is 193 g/mol. The highest BCUT2D eigenvalue weighted by Crippen LogP contribution is 2.14. The SMILES string of the molecule is Cc1ccc(/C(=N/O)N(C)C)cc1N. The molecule has 0 aliphatic carbocycles. The van der Waals surface area contributed by atoms with Crippen LogP contribution in [0.5, 0.6) is 0 Å². The highest BCUT2D eigenvalue weighted by atomic mass is 16.4. The van der Waals surface area contributed by atoms with Crippen LogP contribution in [-0.2, 0) is 0 Å². The molecule has 0 amide bonds. The van der Waals surface area contributed by atoms with Gasteiger partial charge < -0.3 is 15.8 Å². The molecule has 0 radical (unpaired) electrons. The van der Waals surface area contributed by atoms with E-state index >= 15 is 0 Å². The van der Waals surface area contributed by atoms with Crippen molar-refractivity contribution in [1.82, 2.24) is 4.90 Å². The van der Waals surface area contributed by atoms with E-state index < -0.39 is 0 Å². The predicted molar refractivity (Wildman–Crippen MR) is 57.6 cm³/mol. The fourth-order valence-corrected chi connectivity index (χ4v) is 1.18. The van der Waals surface area contributed by atoms with Crippen molar-refractivity contribution in [3.8, 4) is 0 Å². The van der Waals surface area contributed by atoms with Gasteiger partial charge in [0.2, 0.25) is 0 Å². The van der Waals surface area contributed by atoms with Crippen molar-refractivity contribution in [3.63, 3.8) is 0 Å². The maximum atomic E-state index is 8.82. The van der Waals surface area contributed by atoms with Crippen LogP contribution in [-0.4, -0.2) is 30.0 Å². The van der Waals surface area contributed by atoms with Gasteiger partial charge in [-0.25, -0.2) is 0 Å². The lowest BCUT2D eigenvalue weighted by Gasteiger charge is -2.14. The number of hydrogen-bond donors (Lipinski definition) is 2. The molecule has 0 bridgehead atoms. The summed E-state index contributed by atoms with van der Waals surface area (Å²) in [5.74, 6) is 0.497. The predicted octanol–water partition coefficient (Wildman–Crippen LogP) is 1.27. The summed E-state index contributed by atoms with van der Waals surface area (Å²) in [6, 6.07) is 5.57. The van der Waals surface area contributed by atoms with Crippen molar-refractivity contribution < 1.29 is 5.21 Å². The fraction of sp³-hybridized carbons (Fsp3) is 0.300. The minimum atomic E-state index is 0.497. The van der Waals surface area contributed by atoms with Gasteiger partial charge in [-0.2, -0.15) is 0 Å². The molecule has 0 atom stereocenters. The standard InChI is InChI=1S/C10H15N3O/c1-7-4-5-8(6-9(7)11)10(12-14)13(2)3/h4-6,14H,11H2,1-3H3/b12-10-. The van der Waals surface area contributed by atoms with Crippen LogP contribution in [0.4, 0.5) is 5.69 Å². The third kappa shape index (κ3) is 1.96. The largest absolute Gasteiger partial charge is 0.409 e. The van der Waals surface area contributed by atoms with E-state index in [-0.39, 0.29) is 0 Å². The molecular weight excluding hydrogens is 178 g/mol. The monoisotopic (exact) mass is 193 g/mol. The Morgan fingerprint density at radius 1 is 1.43 bits per heavy atom. The van der Waals surface area contributed by atoms with E-state index in [2.05, 4.69) is 5.16 Å². The topological polar surface area (TPSA) is 61.9 Å². The molecule has 3 N–H and O–H groups in total. The Bertz CT molecular complexity index is 358. The van der Waals surface area contributed by atoms with E-state index in [4.69, 9.17) is 10.9 Å². The fourth-order valence-electron chi connectivity index (χ4n) is 1.18. The molecule has 0 spiro atoms. The van der Waals surface area contributed by atoms with E-state index in [0.717, 1.165) is 11.1 Å². The second kappa shape index (κ2) is 4.00. The zero-order chi connectivity index (χ0) is 10.7. The van der Waals surface area contributed by atoms with E-state index in [1.54, 1.807) is 11.0 Å². The molecule has 14 heavy (non-hydrogen) atoms. The number of nitrogen functional groups attached to an aromatic ring is 1. The molecule has 0 fully saturated rings. The molecule has 4 nitrogen and oxygen atoms in total. The summed E-state index contributed by atoms with van der Waals surface area (Å²) in [6.07, 6.45) is 0. The number of amidine groups is 1. The average Bonchev–Trinajstić information content (AvgIpc) is 2.11. The molecule has 0 aliphatic heterocycles. The molecule has 0 unspecified atom stereocenters. The number of rotatable bonds is 1. The Morgan fingerprint density at radius 2 is 2.07 bits per heavy atom.